The monoisotopic (exact) mass is 270 g/mol. The largest absolute Gasteiger partial charge is 0.333 e. The summed E-state index contributed by atoms with van der Waals surface area (Å²) in [6.07, 6.45) is 2.01. The van der Waals surface area contributed by atoms with Crippen molar-refractivity contribution < 1.29 is 4.79 Å². The molecule has 5 heteroatoms. The van der Waals surface area contributed by atoms with Gasteiger partial charge in [-0.1, -0.05) is 30.3 Å². The maximum absolute atomic E-state index is 12.5. The van der Waals surface area contributed by atoms with E-state index in [0.717, 1.165) is 30.6 Å². The summed E-state index contributed by atoms with van der Waals surface area (Å²) in [5, 5.41) is 7.07. The number of nitrogens with zero attached hydrogens (tertiary/aromatic N) is 2. The highest BCUT2D eigenvalue weighted by molar-refractivity contribution is 5.93. The summed E-state index contributed by atoms with van der Waals surface area (Å²) < 4.78 is 0. The number of carbonyl (C=O) groups excluding carboxylic acids is 1. The zero-order valence-corrected chi connectivity index (χ0v) is 11.2. The van der Waals surface area contributed by atoms with Crippen LogP contribution in [-0.2, 0) is 0 Å². The molecule has 1 atom stereocenters. The summed E-state index contributed by atoms with van der Waals surface area (Å²) in [5.41, 5.74) is 8.04. The molecule has 5 nitrogen and oxygen atoms in total. The zero-order valence-electron chi connectivity index (χ0n) is 11.2. The molecule has 3 N–H and O–H groups in total. The summed E-state index contributed by atoms with van der Waals surface area (Å²) in [4.78, 5) is 14.3. The van der Waals surface area contributed by atoms with Crippen LogP contribution in [0.2, 0.25) is 0 Å². The minimum atomic E-state index is -0.00682. The molecule has 0 bridgehead atoms. The van der Waals surface area contributed by atoms with Gasteiger partial charge in [0, 0.05) is 24.7 Å². The highest BCUT2D eigenvalue weighted by Gasteiger charge is 2.29. The minimum absolute atomic E-state index is 0.00682. The normalized spacial score (nSPS) is 18.4. The molecule has 1 aliphatic rings. The Hall–Kier alpha value is -2.14. The van der Waals surface area contributed by atoms with E-state index in [1.807, 2.05) is 41.3 Å². The van der Waals surface area contributed by atoms with Crippen LogP contribution in [0.25, 0.3) is 11.3 Å². The first-order valence-corrected chi connectivity index (χ1v) is 6.91. The highest BCUT2D eigenvalue weighted by Crippen LogP contribution is 2.21. The molecular weight excluding hydrogens is 252 g/mol. The number of H-pyrrole nitrogens is 1. The van der Waals surface area contributed by atoms with Crippen molar-refractivity contribution in [3.63, 3.8) is 0 Å². The van der Waals surface area contributed by atoms with Gasteiger partial charge in [-0.05, 0) is 18.9 Å². The number of hydrogen-bond acceptors (Lipinski definition) is 3. The van der Waals surface area contributed by atoms with E-state index in [0.29, 0.717) is 12.2 Å². The molecule has 0 aliphatic carbocycles. The van der Waals surface area contributed by atoms with E-state index in [2.05, 4.69) is 10.2 Å². The Labute approximate surface area is 117 Å². The average Bonchev–Trinajstić information content (AvgIpc) is 3.16. The Morgan fingerprint density at radius 1 is 1.40 bits per heavy atom. The lowest BCUT2D eigenvalue weighted by atomic mass is 10.1. The standard InChI is InChI=1S/C15H18N4O/c16-10-12-7-4-8-19(12)15(20)14-9-13(17-18-14)11-5-2-1-3-6-11/h1-3,5-6,9,12H,4,7-8,10,16H2,(H,17,18). The van der Waals surface area contributed by atoms with Crippen LogP contribution < -0.4 is 5.73 Å². The number of hydrogen-bond donors (Lipinski definition) is 2. The zero-order chi connectivity index (χ0) is 13.9. The number of aromatic nitrogens is 2. The fourth-order valence-electron chi connectivity index (χ4n) is 2.69. The van der Waals surface area contributed by atoms with Gasteiger partial charge in [-0.15, -0.1) is 0 Å². The van der Waals surface area contributed by atoms with Crippen molar-refractivity contribution in [1.29, 1.82) is 0 Å². The number of carbonyl (C=O) groups is 1. The van der Waals surface area contributed by atoms with E-state index in [-0.39, 0.29) is 11.9 Å². The maximum Gasteiger partial charge on any atom is 0.272 e. The van der Waals surface area contributed by atoms with Gasteiger partial charge >= 0.3 is 0 Å². The van der Waals surface area contributed by atoms with Crippen molar-refractivity contribution in [3.05, 3.63) is 42.1 Å². The maximum atomic E-state index is 12.5. The van der Waals surface area contributed by atoms with Crippen LogP contribution in [0.3, 0.4) is 0 Å². The molecule has 1 aromatic carbocycles. The van der Waals surface area contributed by atoms with E-state index >= 15 is 0 Å². The Bertz CT molecular complexity index is 593. The third-order valence-electron chi connectivity index (χ3n) is 3.79. The van der Waals surface area contributed by atoms with Crippen LogP contribution in [-0.4, -0.2) is 40.1 Å². The summed E-state index contributed by atoms with van der Waals surface area (Å²) >= 11 is 0. The Balaban J connectivity index is 1.82. The predicted octanol–water partition coefficient (Wildman–Crippen LogP) is 1.64. The van der Waals surface area contributed by atoms with Crippen LogP contribution >= 0.6 is 0 Å². The molecule has 1 saturated heterocycles. The number of benzene rings is 1. The number of nitrogens with one attached hydrogen (secondary N) is 1. The Morgan fingerprint density at radius 2 is 2.20 bits per heavy atom. The molecule has 3 rings (SSSR count). The van der Waals surface area contributed by atoms with Crippen molar-refractivity contribution in [1.82, 2.24) is 15.1 Å². The third kappa shape index (κ3) is 2.32. The van der Waals surface area contributed by atoms with Crippen LogP contribution in [0.15, 0.2) is 36.4 Å². The van der Waals surface area contributed by atoms with Gasteiger partial charge in [-0.2, -0.15) is 5.10 Å². The summed E-state index contributed by atoms with van der Waals surface area (Å²) in [6, 6.07) is 11.8. The summed E-state index contributed by atoms with van der Waals surface area (Å²) in [6.45, 7) is 1.30. The topological polar surface area (TPSA) is 75.0 Å². The first kappa shape index (κ1) is 12.9. The van der Waals surface area contributed by atoms with Gasteiger partial charge < -0.3 is 10.6 Å². The number of rotatable bonds is 3. The van der Waals surface area contributed by atoms with E-state index in [9.17, 15) is 4.79 Å². The van der Waals surface area contributed by atoms with Gasteiger partial charge in [0.1, 0.15) is 5.69 Å². The van der Waals surface area contributed by atoms with E-state index in [1.54, 1.807) is 0 Å². The Morgan fingerprint density at radius 3 is 2.95 bits per heavy atom. The van der Waals surface area contributed by atoms with Crippen LogP contribution in [0.1, 0.15) is 23.3 Å². The van der Waals surface area contributed by atoms with Gasteiger partial charge in [-0.3, -0.25) is 9.89 Å². The number of aromatic amines is 1. The predicted molar refractivity (Wildman–Crippen MR) is 77.1 cm³/mol. The average molecular weight is 270 g/mol. The molecule has 20 heavy (non-hydrogen) atoms. The highest BCUT2D eigenvalue weighted by atomic mass is 16.2. The fraction of sp³-hybridized carbons (Fsp3) is 0.333. The second kappa shape index (κ2) is 5.46. The van der Waals surface area contributed by atoms with E-state index in [1.165, 1.54) is 0 Å². The van der Waals surface area contributed by atoms with Gasteiger partial charge in [0.25, 0.3) is 5.91 Å². The van der Waals surface area contributed by atoms with E-state index in [4.69, 9.17) is 5.73 Å². The molecule has 1 aromatic heterocycles. The van der Waals surface area contributed by atoms with Gasteiger partial charge in [-0.25, -0.2) is 0 Å². The fourth-order valence-corrected chi connectivity index (χ4v) is 2.69. The summed E-state index contributed by atoms with van der Waals surface area (Å²) in [7, 11) is 0. The molecule has 1 aliphatic heterocycles. The molecule has 2 heterocycles. The molecule has 1 unspecified atom stereocenters. The van der Waals surface area contributed by atoms with E-state index < -0.39 is 0 Å². The lowest BCUT2D eigenvalue weighted by Gasteiger charge is -2.22. The van der Waals surface area contributed by atoms with Crippen LogP contribution in [0, 0.1) is 0 Å². The van der Waals surface area contributed by atoms with Crippen LogP contribution in [0.5, 0.6) is 0 Å². The third-order valence-corrected chi connectivity index (χ3v) is 3.79. The van der Waals surface area contributed by atoms with Crippen molar-refractivity contribution in [3.8, 4) is 11.3 Å². The first-order chi connectivity index (χ1) is 9.79. The second-order valence-corrected chi connectivity index (χ2v) is 5.06. The van der Waals surface area contributed by atoms with Crippen molar-refractivity contribution in [2.45, 2.75) is 18.9 Å². The number of amides is 1. The van der Waals surface area contributed by atoms with Crippen molar-refractivity contribution in [2.75, 3.05) is 13.1 Å². The van der Waals surface area contributed by atoms with Gasteiger partial charge in [0.2, 0.25) is 0 Å². The lowest BCUT2D eigenvalue weighted by Crippen LogP contribution is -2.40. The van der Waals surface area contributed by atoms with Crippen molar-refractivity contribution in [2.24, 2.45) is 5.73 Å². The molecule has 104 valence electrons. The molecule has 0 radical (unpaired) electrons. The smallest absolute Gasteiger partial charge is 0.272 e. The molecule has 2 aromatic rings. The van der Waals surface area contributed by atoms with Gasteiger partial charge in [0.05, 0.1) is 5.69 Å². The molecule has 1 amide bonds. The molecule has 0 saturated carbocycles. The quantitative estimate of drug-likeness (QED) is 0.890. The second-order valence-electron chi connectivity index (χ2n) is 5.06. The molecule has 1 fully saturated rings. The Kier molecular flexibility index (Phi) is 3.52. The number of likely N-dealkylation sites (tertiary alicyclic amines) is 1. The van der Waals surface area contributed by atoms with Crippen LogP contribution in [0.4, 0.5) is 0 Å². The summed E-state index contributed by atoms with van der Waals surface area (Å²) in [5.74, 6) is -0.00682. The minimum Gasteiger partial charge on any atom is -0.333 e. The van der Waals surface area contributed by atoms with Crippen molar-refractivity contribution >= 4 is 5.91 Å². The van der Waals surface area contributed by atoms with Gasteiger partial charge in [0.15, 0.2) is 0 Å². The lowest BCUT2D eigenvalue weighted by molar-refractivity contribution is 0.0735. The first-order valence-electron chi connectivity index (χ1n) is 6.91. The molecule has 0 spiro atoms. The number of nitrogens with two attached hydrogens (primary N) is 1. The molecular formula is C15H18N4O. The SMILES string of the molecule is NCC1CCCN1C(=O)c1cc(-c2ccccc2)n[nH]1.